The average Bonchev–Trinajstić information content (AvgIpc) is 3.14. The summed E-state index contributed by atoms with van der Waals surface area (Å²) < 4.78 is 0. The molecule has 1 N–H and O–H groups in total. The molecule has 0 heterocycles. The van der Waals surface area contributed by atoms with Crippen molar-refractivity contribution in [2.75, 3.05) is 0 Å². The molecule has 0 amide bonds. The number of hydrogen-bond donors (Lipinski definition) is 1. The van der Waals surface area contributed by atoms with Crippen molar-refractivity contribution in [3.63, 3.8) is 0 Å². The SMILES string of the molecule is O=C(O)C12CC3C4(CC4)C4CC(c5ccccc5)(C1)C34C2. The fourth-order valence-electron chi connectivity index (χ4n) is 7.97. The minimum Gasteiger partial charge on any atom is -0.481 e. The van der Waals surface area contributed by atoms with Gasteiger partial charge in [-0.1, -0.05) is 30.3 Å². The molecule has 1 aromatic rings. The maximum atomic E-state index is 12.1. The lowest BCUT2D eigenvalue weighted by Crippen LogP contribution is -2.74. The van der Waals surface area contributed by atoms with Crippen LogP contribution >= 0.6 is 0 Å². The number of carboxylic acid groups (broad SMARTS) is 1. The highest BCUT2D eigenvalue weighted by Gasteiger charge is 2.93. The highest BCUT2D eigenvalue weighted by Crippen LogP contribution is 2.97. The van der Waals surface area contributed by atoms with E-state index in [1.165, 1.54) is 24.8 Å². The summed E-state index contributed by atoms with van der Waals surface area (Å²) in [6.07, 6.45) is 6.88. The first-order valence-corrected chi connectivity index (χ1v) is 8.39. The van der Waals surface area contributed by atoms with Gasteiger partial charge >= 0.3 is 5.97 Å². The second-order valence-corrected chi connectivity index (χ2v) is 8.67. The number of benzene rings is 1. The molecule has 2 nitrogen and oxygen atoms in total. The van der Waals surface area contributed by atoms with E-state index in [1.54, 1.807) is 0 Å². The lowest BCUT2D eigenvalue weighted by Gasteiger charge is -2.78. The summed E-state index contributed by atoms with van der Waals surface area (Å²) in [5.74, 6) is 1.05. The number of fused-ring (bicyclic) bond motifs is 3. The van der Waals surface area contributed by atoms with Crippen LogP contribution in [0.25, 0.3) is 0 Å². The highest BCUT2D eigenvalue weighted by atomic mass is 16.4. The van der Waals surface area contributed by atoms with E-state index < -0.39 is 11.4 Å². The maximum absolute atomic E-state index is 12.1. The Balaban J connectivity index is 1.56. The van der Waals surface area contributed by atoms with Crippen LogP contribution < -0.4 is 0 Å². The van der Waals surface area contributed by atoms with Crippen molar-refractivity contribution in [3.05, 3.63) is 35.9 Å². The van der Waals surface area contributed by atoms with Crippen molar-refractivity contribution in [3.8, 4) is 0 Å². The molecule has 2 bridgehead atoms. The maximum Gasteiger partial charge on any atom is 0.309 e. The largest absolute Gasteiger partial charge is 0.481 e. The Kier molecular flexibility index (Phi) is 1.51. The van der Waals surface area contributed by atoms with Gasteiger partial charge in [-0.15, -0.1) is 0 Å². The van der Waals surface area contributed by atoms with Crippen LogP contribution in [0.4, 0.5) is 0 Å². The second kappa shape index (κ2) is 2.80. The zero-order valence-corrected chi connectivity index (χ0v) is 12.1. The molecular weight excluding hydrogens is 260 g/mol. The summed E-state index contributed by atoms with van der Waals surface area (Å²) in [5, 5.41) is 9.94. The summed E-state index contributed by atoms with van der Waals surface area (Å²) in [7, 11) is 0. The molecule has 0 radical (unpaired) electrons. The lowest BCUT2D eigenvalue weighted by molar-refractivity contribution is -0.265. The highest BCUT2D eigenvalue weighted by molar-refractivity contribution is 5.78. The molecule has 21 heavy (non-hydrogen) atoms. The number of carbonyl (C=O) groups is 1. The first-order valence-electron chi connectivity index (χ1n) is 8.39. The Morgan fingerprint density at radius 3 is 2.43 bits per heavy atom. The van der Waals surface area contributed by atoms with E-state index >= 15 is 0 Å². The summed E-state index contributed by atoms with van der Waals surface area (Å²) in [6.45, 7) is 0. The van der Waals surface area contributed by atoms with Gasteiger partial charge in [-0.3, -0.25) is 4.79 Å². The molecule has 5 saturated carbocycles. The second-order valence-electron chi connectivity index (χ2n) is 8.67. The van der Waals surface area contributed by atoms with Crippen LogP contribution in [0, 0.1) is 28.1 Å². The van der Waals surface area contributed by atoms with Gasteiger partial charge in [0.1, 0.15) is 0 Å². The van der Waals surface area contributed by atoms with Gasteiger partial charge in [-0.05, 0) is 66.8 Å². The van der Waals surface area contributed by atoms with E-state index in [2.05, 4.69) is 30.3 Å². The Morgan fingerprint density at radius 1 is 1.05 bits per heavy atom. The minimum absolute atomic E-state index is 0.202. The van der Waals surface area contributed by atoms with Gasteiger partial charge in [-0.2, -0.15) is 0 Å². The molecule has 5 fully saturated rings. The topological polar surface area (TPSA) is 37.3 Å². The van der Waals surface area contributed by atoms with Crippen molar-refractivity contribution >= 4 is 5.97 Å². The van der Waals surface area contributed by atoms with E-state index in [0.29, 0.717) is 16.7 Å². The van der Waals surface area contributed by atoms with Crippen molar-refractivity contribution in [2.24, 2.45) is 28.1 Å². The number of carboxylic acids is 1. The standard InChI is InChI=1S/C19H20O2/c20-15(21)16-8-13-17(6-7-17)14-9-18(10-16,19(13,14)11-16)12-4-2-1-3-5-12/h1-5,13-14H,6-11H2,(H,20,21). The molecular formula is C19H20O2. The molecule has 5 aliphatic rings. The van der Waals surface area contributed by atoms with Crippen molar-refractivity contribution < 1.29 is 9.90 Å². The summed E-state index contributed by atoms with van der Waals surface area (Å²) in [5.41, 5.74) is 2.19. The monoisotopic (exact) mass is 280 g/mol. The van der Waals surface area contributed by atoms with Crippen LogP contribution in [0.5, 0.6) is 0 Å². The normalized spacial score (nSPS) is 53.0. The minimum atomic E-state index is -0.509. The Hall–Kier alpha value is -1.31. The number of hydrogen-bond acceptors (Lipinski definition) is 1. The van der Waals surface area contributed by atoms with Crippen LogP contribution in [-0.2, 0) is 10.2 Å². The van der Waals surface area contributed by atoms with Crippen LogP contribution in [-0.4, -0.2) is 11.1 Å². The molecule has 5 unspecified atom stereocenters. The van der Waals surface area contributed by atoms with E-state index in [-0.39, 0.29) is 5.41 Å². The van der Waals surface area contributed by atoms with Gasteiger partial charge in [0.15, 0.2) is 0 Å². The molecule has 0 aliphatic heterocycles. The van der Waals surface area contributed by atoms with Crippen LogP contribution in [0.2, 0.25) is 0 Å². The van der Waals surface area contributed by atoms with E-state index in [9.17, 15) is 9.90 Å². The fourth-order valence-corrected chi connectivity index (χ4v) is 7.97. The number of aliphatic carboxylic acids is 1. The van der Waals surface area contributed by atoms with Crippen molar-refractivity contribution in [2.45, 2.75) is 43.9 Å². The van der Waals surface area contributed by atoms with E-state index in [0.717, 1.165) is 25.2 Å². The lowest BCUT2D eigenvalue weighted by atomic mass is 9.26. The third-order valence-electron chi connectivity index (χ3n) is 8.55. The van der Waals surface area contributed by atoms with Gasteiger partial charge in [-0.25, -0.2) is 0 Å². The molecule has 6 rings (SSSR count). The molecule has 108 valence electrons. The summed E-state index contributed by atoms with van der Waals surface area (Å²) >= 11 is 0. The van der Waals surface area contributed by atoms with Gasteiger partial charge < -0.3 is 5.11 Å². The van der Waals surface area contributed by atoms with Gasteiger partial charge in [0.05, 0.1) is 5.41 Å². The first kappa shape index (κ1) is 11.3. The molecule has 1 aromatic carbocycles. The smallest absolute Gasteiger partial charge is 0.309 e. The van der Waals surface area contributed by atoms with Crippen molar-refractivity contribution in [1.29, 1.82) is 0 Å². The van der Waals surface area contributed by atoms with Crippen LogP contribution in [0.1, 0.15) is 44.1 Å². The van der Waals surface area contributed by atoms with E-state index in [4.69, 9.17) is 0 Å². The van der Waals surface area contributed by atoms with Gasteiger partial charge in [0.2, 0.25) is 0 Å². The molecule has 0 saturated heterocycles. The van der Waals surface area contributed by atoms with Gasteiger partial charge in [0, 0.05) is 5.41 Å². The third kappa shape index (κ3) is 0.841. The van der Waals surface area contributed by atoms with Crippen molar-refractivity contribution in [1.82, 2.24) is 0 Å². The molecule has 2 heteroatoms. The number of rotatable bonds is 2. The molecule has 2 spiro atoms. The zero-order valence-electron chi connectivity index (χ0n) is 12.1. The third-order valence-corrected chi connectivity index (χ3v) is 8.55. The fraction of sp³-hybridized carbons (Fsp3) is 0.632. The first-order chi connectivity index (χ1) is 10.1. The summed E-state index contributed by atoms with van der Waals surface area (Å²) in [6, 6.07) is 10.9. The average molecular weight is 280 g/mol. The van der Waals surface area contributed by atoms with Crippen LogP contribution in [0.15, 0.2) is 30.3 Å². The zero-order chi connectivity index (χ0) is 14.1. The quantitative estimate of drug-likeness (QED) is 0.898. The molecule has 0 aromatic heterocycles. The Bertz CT molecular complexity index is 691. The predicted octanol–water partition coefficient (Wildman–Crippen LogP) is 3.61. The van der Waals surface area contributed by atoms with Gasteiger partial charge in [0.25, 0.3) is 0 Å². The summed E-state index contributed by atoms with van der Waals surface area (Å²) in [4.78, 5) is 12.1. The predicted molar refractivity (Wildman–Crippen MR) is 77.7 cm³/mol. The Labute approximate surface area is 124 Å². The molecule has 5 atom stereocenters. The van der Waals surface area contributed by atoms with Crippen LogP contribution in [0.3, 0.4) is 0 Å². The van der Waals surface area contributed by atoms with E-state index in [1.807, 2.05) is 0 Å². The molecule has 5 aliphatic carbocycles. The Morgan fingerprint density at radius 2 is 1.76 bits per heavy atom.